The first-order valence-electron chi connectivity index (χ1n) is 11.2. The van der Waals surface area contributed by atoms with Crippen LogP contribution in [0.4, 0.5) is 17.3 Å². The van der Waals surface area contributed by atoms with Crippen LogP contribution in [0.3, 0.4) is 0 Å². The third-order valence-corrected chi connectivity index (χ3v) is 7.97. The minimum atomic E-state index is -3.84. The van der Waals surface area contributed by atoms with Gasteiger partial charge in [0.15, 0.2) is 10.3 Å². The van der Waals surface area contributed by atoms with Gasteiger partial charge >= 0.3 is 5.82 Å². The third kappa shape index (κ3) is 4.42. The number of sulfonamides is 1. The summed E-state index contributed by atoms with van der Waals surface area (Å²) in [6.45, 7) is 8.61. The van der Waals surface area contributed by atoms with Crippen LogP contribution in [0.25, 0.3) is 0 Å². The number of phenols is 1. The fraction of sp³-hybridized carbons (Fsp3) is 0.455. The molecule has 1 fully saturated rings. The minimum absolute atomic E-state index is 0.0256. The first kappa shape index (κ1) is 23.9. The Bertz CT molecular complexity index is 1310. The van der Waals surface area contributed by atoms with Crippen LogP contribution in [-0.2, 0) is 10.0 Å². The fourth-order valence-electron chi connectivity index (χ4n) is 3.98. The van der Waals surface area contributed by atoms with E-state index >= 15 is 0 Å². The number of aromatic amines is 1. The number of aromatic hydroxyl groups is 1. The van der Waals surface area contributed by atoms with Gasteiger partial charge in [-0.2, -0.15) is 4.31 Å². The predicted molar refractivity (Wildman–Crippen MR) is 125 cm³/mol. The topological polar surface area (TPSA) is 147 Å². The number of H-pyrrole nitrogens is 1. The largest absolute Gasteiger partial charge is 0.504 e. The molecule has 1 aliphatic heterocycles. The van der Waals surface area contributed by atoms with Gasteiger partial charge < -0.3 is 14.8 Å². The van der Waals surface area contributed by atoms with Gasteiger partial charge in [0.05, 0.1) is 5.69 Å². The Labute approximate surface area is 197 Å². The Hall–Kier alpha value is -3.25. The Morgan fingerprint density at radius 1 is 1.21 bits per heavy atom. The summed E-state index contributed by atoms with van der Waals surface area (Å²) >= 11 is 0. The van der Waals surface area contributed by atoms with Gasteiger partial charge in [-0.1, -0.05) is 25.1 Å². The van der Waals surface area contributed by atoms with Gasteiger partial charge in [0.1, 0.15) is 22.5 Å². The van der Waals surface area contributed by atoms with Crippen LogP contribution in [0, 0.1) is 24.7 Å². The van der Waals surface area contributed by atoms with E-state index < -0.39 is 15.8 Å². The summed E-state index contributed by atoms with van der Waals surface area (Å²) < 4.78 is 38.3. The lowest BCUT2D eigenvalue weighted by Crippen LogP contribution is -2.28. The van der Waals surface area contributed by atoms with E-state index in [4.69, 9.17) is 9.05 Å². The summed E-state index contributed by atoms with van der Waals surface area (Å²) in [6.07, 6.45) is 1.57. The molecule has 0 bridgehead atoms. The van der Waals surface area contributed by atoms with Crippen molar-refractivity contribution < 1.29 is 27.2 Å². The van der Waals surface area contributed by atoms with Crippen molar-refractivity contribution in [3.05, 3.63) is 46.3 Å². The van der Waals surface area contributed by atoms with E-state index in [0.29, 0.717) is 18.8 Å². The van der Waals surface area contributed by atoms with Crippen LogP contribution >= 0.6 is 0 Å². The smallest absolute Gasteiger partial charge is 0.367 e. The van der Waals surface area contributed by atoms with Crippen LogP contribution in [-0.4, -0.2) is 36.1 Å². The molecule has 4 N–H and O–H groups in total. The maximum atomic E-state index is 13.0. The van der Waals surface area contributed by atoms with Crippen molar-refractivity contribution in [2.24, 2.45) is 5.92 Å². The Morgan fingerprint density at radius 2 is 1.91 bits per heavy atom. The summed E-state index contributed by atoms with van der Waals surface area (Å²) in [5.41, 5.74) is 1.10. The summed E-state index contributed by atoms with van der Waals surface area (Å²) in [5.74, 6) is 1.21. The molecule has 12 heteroatoms. The van der Waals surface area contributed by atoms with Crippen LogP contribution in [0.15, 0.2) is 38.2 Å². The molecule has 0 unspecified atom stereocenters. The monoisotopic (exact) mass is 492 g/mol. The zero-order valence-corrected chi connectivity index (χ0v) is 20.4. The fourth-order valence-corrected chi connectivity index (χ4v) is 5.61. The third-order valence-electron chi connectivity index (χ3n) is 6.04. The predicted octanol–water partition coefficient (Wildman–Crippen LogP) is 3.77. The highest BCUT2D eigenvalue weighted by Gasteiger charge is 2.32. The number of benzene rings is 1. The van der Waals surface area contributed by atoms with Gasteiger partial charge in [0.2, 0.25) is 10.0 Å². The van der Waals surface area contributed by atoms with Gasteiger partial charge in [-0.05, 0) is 61.3 Å². The average Bonchev–Trinajstić information content (AvgIpc) is 3.50. The molecule has 3 heterocycles. The summed E-state index contributed by atoms with van der Waals surface area (Å²) in [4.78, 5) is 12.2. The Kier molecular flexibility index (Phi) is 6.45. The van der Waals surface area contributed by atoms with Crippen molar-refractivity contribution >= 4 is 27.3 Å². The molecule has 0 aliphatic carbocycles. The zero-order valence-electron chi connectivity index (χ0n) is 19.6. The Balaban J connectivity index is 1.65. The van der Waals surface area contributed by atoms with E-state index in [2.05, 4.69) is 15.8 Å². The molecule has 34 heavy (non-hydrogen) atoms. The number of hydrogen-bond acceptors (Lipinski definition) is 8. The molecule has 0 amide bonds. The van der Waals surface area contributed by atoms with Crippen LogP contribution in [0.1, 0.15) is 49.8 Å². The van der Waals surface area contributed by atoms with Crippen molar-refractivity contribution in [1.82, 2.24) is 9.46 Å². The number of furan rings is 1. The second kappa shape index (κ2) is 9.18. The number of phenolic OH excluding ortho intramolecular Hbond substituents is 1. The first-order chi connectivity index (χ1) is 16.1. The molecule has 1 atom stereocenters. The number of aromatic nitrogens is 2. The molecular weight excluding hydrogens is 462 g/mol. The number of nitrogens with zero attached hydrogens (tertiary/aromatic N) is 2. The molecule has 1 aliphatic rings. The molecule has 0 radical (unpaired) electrons. The maximum absolute atomic E-state index is 13.0. The van der Waals surface area contributed by atoms with E-state index in [-0.39, 0.29) is 38.8 Å². The van der Waals surface area contributed by atoms with Crippen molar-refractivity contribution in [3.63, 3.8) is 0 Å². The SMILES string of the molecule is Cc1cc([C@H](Nc2c(Nc3cccc(S(=O)(=O)N4CCCC4)c3O)[nH]o[n+]2=O)C(C)C)oc1C. The van der Waals surface area contributed by atoms with Crippen LogP contribution in [0.2, 0.25) is 0 Å². The van der Waals surface area contributed by atoms with E-state index in [0.717, 1.165) is 24.2 Å². The normalized spacial score (nSPS) is 15.7. The molecule has 11 nitrogen and oxygen atoms in total. The minimum Gasteiger partial charge on any atom is -0.504 e. The van der Waals surface area contributed by atoms with E-state index in [1.807, 2.05) is 33.8 Å². The van der Waals surface area contributed by atoms with Gasteiger partial charge in [-0.25, -0.2) is 8.42 Å². The molecular formula is C22H30N5O6S+. The van der Waals surface area contributed by atoms with Crippen molar-refractivity contribution in [1.29, 1.82) is 0 Å². The van der Waals surface area contributed by atoms with Gasteiger partial charge in [-0.3, -0.25) is 5.32 Å². The molecule has 1 aromatic carbocycles. The van der Waals surface area contributed by atoms with Crippen LogP contribution in [0.5, 0.6) is 5.75 Å². The quantitative estimate of drug-likeness (QED) is 0.348. The van der Waals surface area contributed by atoms with E-state index in [1.54, 1.807) is 0 Å². The van der Waals surface area contributed by atoms with Crippen molar-refractivity contribution in [2.45, 2.75) is 51.5 Å². The zero-order chi connectivity index (χ0) is 24.6. The van der Waals surface area contributed by atoms with E-state index in [9.17, 15) is 18.4 Å². The molecule has 0 spiro atoms. The number of para-hydroxylation sites is 1. The van der Waals surface area contributed by atoms with Gasteiger partial charge in [-0.15, -0.1) is 4.63 Å². The molecule has 2 aromatic heterocycles. The highest BCUT2D eigenvalue weighted by atomic mass is 32.2. The van der Waals surface area contributed by atoms with Gasteiger partial charge in [0, 0.05) is 13.1 Å². The number of nitrogens with one attached hydrogen (secondary N) is 3. The van der Waals surface area contributed by atoms with Crippen molar-refractivity contribution in [3.8, 4) is 5.75 Å². The maximum Gasteiger partial charge on any atom is 0.367 e. The number of anilines is 3. The number of aryl methyl sites for hydroxylation is 2. The lowest BCUT2D eigenvalue weighted by Gasteiger charge is -2.18. The standard InChI is InChI=1S/C22H29N5O6S/c1-13(2)19(17-12-14(3)15(4)32-17)24-22-21(25-33-27(22)29)23-16-8-7-9-18(20(16)28)34(30,31)26-10-5-6-11-26/h7-9,12-13,19,24H,5-6,10-11H2,1-4H3,(H2-,23,25,28,29)/p+1/t19-/m1/s1. The number of hydrogen-bond donors (Lipinski definition) is 4. The highest BCUT2D eigenvalue weighted by Crippen LogP contribution is 2.37. The van der Waals surface area contributed by atoms with Crippen molar-refractivity contribution in [2.75, 3.05) is 23.7 Å². The summed E-state index contributed by atoms with van der Waals surface area (Å²) in [6, 6.07) is 5.95. The summed E-state index contributed by atoms with van der Waals surface area (Å²) in [7, 11) is -3.84. The average molecular weight is 493 g/mol. The molecule has 4 rings (SSSR count). The second-order valence-corrected chi connectivity index (χ2v) is 10.7. The highest BCUT2D eigenvalue weighted by molar-refractivity contribution is 7.89. The molecule has 184 valence electrons. The Morgan fingerprint density at radius 3 is 2.53 bits per heavy atom. The molecule has 3 aromatic rings. The summed E-state index contributed by atoms with van der Waals surface area (Å²) in [5, 5.41) is 19.3. The molecule has 1 saturated heterocycles. The van der Waals surface area contributed by atoms with Crippen LogP contribution < -0.4 is 15.2 Å². The lowest BCUT2D eigenvalue weighted by atomic mass is 10.0. The van der Waals surface area contributed by atoms with Gasteiger partial charge in [0.25, 0.3) is 5.82 Å². The number of rotatable bonds is 8. The first-order valence-corrected chi connectivity index (χ1v) is 12.6. The second-order valence-electron chi connectivity index (χ2n) is 8.82. The molecule has 0 saturated carbocycles. The lowest BCUT2D eigenvalue weighted by molar-refractivity contribution is -0.701. The van der Waals surface area contributed by atoms with E-state index in [1.165, 1.54) is 22.5 Å².